The van der Waals surface area contributed by atoms with E-state index in [4.69, 9.17) is 4.74 Å². The molecule has 1 aromatic rings. The SMILES string of the molecule is COc1ccc([C@@H]2CCN[C@@H]2CO)cc1. The lowest BCUT2D eigenvalue weighted by molar-refractivity contribution is 0.245. The molecule has 15 heavy (non-hydrogen) atoms. The molecule has 0 aliphatic carbocycles. The van der Waals surface area contributed by atoms with Crippen LogP contribution in [0.5, 0.6) is 5.75 Å². The number of benzene rings is 1. The summed E-state index contributed by atoms with van der Waals surface area (Å²) < 4.78 is 5.12. The van der Waals surface area contributed by atoms with Gasteiger partial charge in [0.15, 0.2) is 0 Å². The van der Waals surface area contributed by atoms with Gasteiger partial charge in [-0.25, -0.2) is 0 Å². The van der Waals surface area contributed by atoms with Crippen molar-refractivity contribution in [3.05, 3.63) is 29.8 Å². The highest BCUT2D eigenvalue weighted by Crippen LogP contribution is 2.28. The van der Waals surface area contributed by atoms with Gasteiger partial charge in [-0.1, -0.05) is 12.1 Å². The molecule has 1 aliphatic rings. The summed E-state index contributed by atoms with van der Waals surface area (Å²) in [5, 5.41) is 12.5. The van der Waals surface area contributed by atoms with Crippen molar-refractivity contribution < 1.29 is 9.84 Å². The Labute approximate surface area is 90.1 Å². The largest absolute Gasteiger partial charge is 0.497 e. The second-order valence-electron chi connectivity index (χ2n) is 3.91. The number of hydrogen-bond acceptors (Lipinski definition) is 3. The Morgan fingerprint density at radius 2 is 2.13 bits per heavy atom. The third kappa shape index (κ3) is 2.13. The molecule has 0 aromatic heterocycles. The Balaban J connectivity index is 2.14. The van der Waals surface area contributed by atoms with Crippen molar-refractivity contribution in [2.24, 2.45) is 0 Å². The van der Waals surface area contributed by atoms with Crippen LogP contribution in [0.15, 0.2) is 24.3 Å². The molecule has 1 aromatic carbocycles. The van der Waals surface area contributed by atoms with Crippen molar-refractivity contribution in [3.8, 4) is 5.75 Å². The van der Waals surface area contributed by atoms with E-state index in [0.29, 0.717) is 5.92 Å². The van der Waals surface area contributed by atoms with E-state index in [-0.39, 0.29) is 12.6 Å². The van der Waals surface area contributed by atoms with Crippen LogP contribution >= 0.6 is 0 Å². The molecular weight excluding hydrogens is 190 g/mol. The van der Waals surface area contributed by atoms with E-state index in [0.717, 1.165) is 18.7 Å². The predicted molar refractivity (Wildman–Crippen MR) is 59.2 cm³/mol. The predicted octanol–water partition coefficient (Wildman–Crippen LogP) is 1.13. The molecule has 2 N–H and O–H groups in total. The fourth-order valence-corrected chi connectivity index (χ4v) is 2.21. The van der Waals surface area contributed by atoms with E-state index in [1.54, 1.807) is 7.11 Å². The van der Waals surface area contributed by atoms with Crippen LogP contribution in [0, 0.1) is 0 Å². The van der Waals surface area contributed by atoms with E-state index in [9.17, 15) is 5.11 Å². The van der Waals surface area contributed by atoms with Crippen molar-refractivity contribution in [1.82, 2.24) is 5.32 Å². The molecule has 0 radical (unpaired) electrons. The molecule has 1 fully saturated rings. The maximum absolute atomic E-state index is 9.21. The first-order chi connectivity index (χ1) is 7.35. The van der Waals surface area contributed by atoms with Crippen LogP contribution in [-0.2, 0) is 0 Å². The molecule has 82 valence electrons. The Morgan fingerprint density at radius 3 is 2.73 bits per heavy atom. The number of hydrogen-bond donors (Lipinski definition) is 2. The minimum absolute atomic E-state index is 0.205. The van der Waals surface area contributed by atoms with Crippen molar-refractivity contribution in [2.75, 3.05) is 20.3 Å². The fraction of sp³-hybridized carbons (Fsp3) is 0.500. The van der Waals surface area contributed by atoms with Crippen LogP contribution in [0.4, 0.5) is 0 Å². The van der Waals surface area contributed by atoms with Gasteiger partial charge >= 0.3 is 0 Å². The maximum atomic E-state index is 9.21. The molecule has 2 atom stereocenters. The zero-order chi connectivity index (χ0) is 10.7. The van der Waals surface area contributed by atoms with E-state index in [2.05, 4.69) is 17.4 Å². The van der Waals surface area contributed by atoms with E-state index >= 15 is 0 Å². The summed E-state index contributed by atoms with van der Waals surface area (Å²) in [7, 11) is 1.67. The normalized spacial score (nSPS) is 25.5. The Bertz CT molecular complexity index is 310. The van der Waals surface area contributed by atoms with Gasteiger partial charge in [-0.3, -0.25) is 0 Å². The van der Waals surface area contributed by atoms with Crippen molar-refractivity contribution in [2.45, 2.75) is 18.4 Å². The second-order valence-corrected chi connectivity index (χ2v) is 3.91. The van der Waals surface area contributed by atoms with Gasteiger partial charge in [-0.2, -0.15) is 0 Å². The molecule has 0 unspecified atom stereocenters. The van der Waals surface area contributed by atoms with Crippen LogP contribution < -0.4 is 10.1 Å². The van der Waals surface area contributed by atoms with E-state index in [1.165, 1.54) is 5.56 Å². The van der Waals surface area contributed by atoms with Crippen LogP contribution in [0.25, 0.3) is 0 Å². The quantitative estimate of drug-likeness (QED) is 0.780. The minimum atomic E-state index is 0.205. The molecule has 1 saturated heterocycles. The van der Waals surface area contributed by atoms with Gasteiger partial charge in [0.1, 0.15) is 5.75 Å². The van der Waals surface area contributed by atoms with Crippen LogP contribution in [0.2, 0.25) is 0 Å². The van der Waals surface area contributed by atoms with Crippen LogP contribution in [0.1, 0.15) is 17.9 Å². The van der Waals surface area contributed by atoms with Crippen molar-refractivity contribution in [3.63, 3.8) is 0 Å². The number of aliphatic hydroxyl groups is 1. The first-order valence-corrected chi connectivity index (χ1v) is 5.33. The summed E-state index contributed by atoms with van der Waals surface area (Å²) >= 11 is 0. The summed E-state index contributed by atoms with van der Waals surface area (Å²) in [6.45, 7) is 1.19. The molecule has 0 amide bonds. The molecule has 0 bridgehead atoms. The zero-order valence-corrected chi connectivity index (χ0v) is 8.94. The first kappa shape index (κ1) is 10.5. The van der Waals surface area contributed by atoms with E-state index in [1.807, 2.05) is 12.1 Å². The molecular formula is C12H17NO2. The third-order valence-corrected chi connectivity index (χ3v) is 3.09. The van der Waals surface area contributed by atoms with Gasteiger partial charge in [0.2, 0.25) is 0 Å². The average molecular weight is 207 g/mol. The number of methoxy groups -OCH3 is 1. The maximum Gasteiger partial charge on any atom is 0.118 e. The average Bonchev–Trinajstić information content (AvgIpc) is 2.77. The highest BCUT2D eigenvalue weighted by Gasteiger charge is 2.27. The van der Waals surface area contributed by atoms with Crippen LogP contribution in [-0.4, -0.2) is 31.4 Å². The lowest BCUT2D eigenvalue weighted by Gasteiger charge is -2.17. The standard InChI is InChI=1S/C12H17NO2/c1-15-10-4-2-9(3-5-10)11-6-7-13-12(11)8-14/h2-5,11-14H,6-8H2,1H3/t11-,12+/m0/s1. The van der Waals surface area contributed by atoms with Crippen molar-refractivity contribution >= 4 is 0 Å². The lowest BCUT2D eigenvalue weighted by Crippen LogP contribution is -2.29. The topological polar surface area (TPSA) is 41.5 Å². The highest BCUT2D eigenvalue weighted by molar-refractivity contribution is 5.30. The minimum Gasteiger partial charge on any atom is -0.497 e. The Kier molecular flexibility index (Phi) is 3.23. The number of nitrogens with one attached hydrogen (secondary N) is 1. The number of rotatable bonds is 3. The van der Waals surface area contributed by atoms with Crippen molar-refractivity contribution in [1.29, 1.82) is 0 Å². The number of ether oxygens (including phenoxy) is 1. The van der Waals surface area contributed by atoms with Gasteiger partial charge in [0, 0.05) is 12.0 Å². The van der Waals surface area contributed by atoms with E-state index < -0.39 is 0 Å². The monoisotopic (exact) mass is 207 g/mol. The molecule has 0 spiro atoms. The molecule has 3 heteroatoms. The summed E-state index contributed by atoms with van der Waals surface area (Å²) in [5.41, 5.74) is 1.28. The zero-order valence-electron chi connectivity index (χ0n) is 8.94. The smallest absolute Gasteiger partial charge is 0.118 e. The summed E-state index contributed by atoms with van der Waals surface area (Å²) in [4.78, 5) is 0. The lowest BCUT2D eigenvalue weighted by atomic mass is 9.92. The Hall–Kier alpha value is -1.06. The van der Waals surface area contributed by atoms with Gasteiger partial charge < -0.3 is 15.2 Å². The molecule has 3 nitrogen and oxygen atoms in total. The highest BCUT2D eigenvalue weighted by atomic mass is 16.5. The third-order valence-electron chi connectivity index (χ3n) is 3.09. The fourth-order valence-electron chi connectivity index (χ4n) is 2.21. The van der Waals surface area contributed by atoms with Gasteiger partial charge in [-0.15, -0.1) is 0 Å². The Morgan fingerprint density at radius 1 is 1.40 bits per heavy atom. The van der Waals surface area contributed by atoms with Gasteiger partial charge in [0.25, 0.3) is 0 Å². The molecule has 1 heterocycles. The van der Waals surface area contributed by atoms with Crippen LogP contribution in [0.3, 0.4) is 0 Å². The van der Waals surface area contributed by atoms with Gasteiger partial charge in [0.05, 0.1) is 13.7 Å². The molecule has 0 saturated carbocycles. The number of aliphatic hydroxyl groups excluding tert-OH is 1. The molecule has 2 rings (SSSR count). The van der Waals surface area contributed by atoms with Gasteiger partial charge in [-0.05, 0) is 30.7 Å². The molecule has 1 aliphatic heterocycles. The summed E-state index contributed by atoms with van der Waals surface area (Å²) in [6.07, 6.45) is 1.09. The summed E-state index contributed by atoms with van der Waals surface area (Å²) in [6, 6.07) is 8.32. The first-order valence-electron chi connectivity index (χ1n) is 5.33. The summed E-state index contributed by atoms with van der Waals surface area (Å²) in [5.74, 6) is 1.31. The second kappa shape index (κ2) is 4.64.